The zero-order valence-corrected chi connectivity index (χ0v) is 18.0. The van der Waals surface area contributed by atoms with Crippen molar-refractivity contribution in [3.8, 4) is 5.75 Å². The van der Waals surface area contributed by atoms with Crippen LogP contribution in [-0.4, -0.2) is 11.7 Å². The molecule has 2 heterocycles. The van der Waals surface area contributed by atoms with Crippen LogP contribution in [0.2, 0.25) is 0 Å². The van der Waals surface area contributed by atoms with Gasteiger partial charge in [-0.25, -0.2) is 0 Å². The van der Waals surface area contributed by atoms with E-state index in [1.165, 1.54) is 16.9 Å². The Kier molecular flexibility index (Phi) is 5.26. The Labute approximate surface area is 184 Å². The number of aromatic nitrogens is 1. The highest BCUT2D eigenvalue weighted by atomic mass is 32.1. The highest BCUT2D eigenvalue weighted by Crippen LogP contribution is 2.33. The summed E-state index contributed by atoms with van der Waals surface area (Å²) in [4.78, 5) is 19.2. The van der Waals surface area contributed by atoms with Crippen molar-refractivity contribution in [3.05, 3.63) is 121 Å². The van der Waals surface area contributed by atoms with Crippen molar-refractivity contribution in [1.29, 1.82) is 0 Å². The van der Waals surface area contributed by atoms with E-state index in [2.05, 4.69) is 24.3 Å². The lowest BCUT2D eigenvalue weighted by atomic mass is 9.94. The van der Waals surface area contributed by atoms with Crippen molar-refractivity contribution in [2.24, 2.45) is 4.99 Å². The number of methoxy groups -OCH3 is 1. The molecule has 4 aromatic rings. The molecule has 2 unspecified atom stereocenters. The van der Waals surface area contributed by atoms with Crippen molar-refractivity contribution in [1.82, 2.24) is 4.57 Å². The Balaban J connectivity index is 1.67. The Morgan fingerprint density at radius 1 is 0.935 bits per heavy atom. The minimum atomic E-state index is -0.0410. The maximum atomic E-state index is 13.4. The van der Waals surface area contributed by atoms with E-state index in [0.717, 1.165) is 28.1 Å². The normalized spacial score (nSPS) is 18.3. The average molecular weight is 427 g/mol. The molecule has 1 aliphatic rings. The van der Waals surface area contributed by atoms with Crippen LogP contribution >= 0.6 is 11.3 Å². The maximum absolute atomic E-state index is 13.4. The summed E-state index contributed by atoms with van der Waals surface area (Å²) >= 11 is 1.46. The summed E-state index contributed by atoms with van der Waals surface area (Å²) in [6, 6.07) is 28.3. The van der Waals surface area contributed by atoms with Gasteiger partial charge in [0.1, 0.15) is 5.75 Å². The summed E-state index contributed by atoms with van der Waals surface area (Å²) in [7, 11) is 1.65. The standard InChI is InChI=1S/C26H22N2O2S/c1-30-21-14-12-18(13-15-21)16-24-25(29)28-23(20-10-6-3-7-11-20)17-22(27-26(28)31-24)19-8-4-2-5-9-19/h2-16,22-23H,17H2,1H3. The van der Waals surface area contributed by atoms with Crippen LogP contribution in [0.3, 0.4) is 0 Å². The van der Waals surface area contributed by atoms with Crippen LogP contribution in [0.4, 0.5) is 0 Å². The molecule has 1 aromatic heterocycles. The number of ether oxygens (including phenoxy) is 1. The van der Waals surface area contributed by atoms with Gasteiger partial charge in [-0.1, -0.05) is 84.1 Å². The lowest BCUT2D eigenvalue weighted by Crippen LogP contribution is -2.38. The topological polar surface area (TPSA) is 43.6 Å². The van der Waals surface area contributed by atoms with E-state index in [1.807, 2.05) is 71.3 Å². The molecule has 154 valence electrons. The fourth-order valence-corrected chi connectivity index (χ4v) is 5.12. The third kappa shape index (κ3) is 3.84. The van der Waals surface area contributed by atoms with Gasteiger partial charge in [0, 0.05) is 0 Å². The molecule has 0 fully saturated rings. The lowest BCUT2D eigenvalue weighted by molar-refractivity contribution is 0.415. The summed E-state index contributed by atoms with van der Waals surface area (Å²) in [6.07, 6.45) is 2.70. The highest BCUT2D eigenvalue weighted by Gasteiger charge is 2.28. The van der Waals surface area contributed by atoms with Gasteiger partial charge < -0.3 is 4.74 Å². The second-order valence-corrected chi connectivity index (χ2v) is 8.57. The van der Waals surface area contributed by atoms with Gasteiger partial charge in [0.05, 0.1) is 23.7 Å². The van der Waals surface area contributed by atoms with E-state index in [0.29, 0.717) is 4.53 Å². The van der Waals surface area contributed by atoms with Crippen LogP contribution in [0.15, 0.2) is 94.7 Å². The first-order chi connectivity index (χ1) is 15.2. The highest BCUT2D eigenvalue weighted by molar-refractivity contribution is 7.07. The third-order valence-corrected chi connectivity index (χ3v) is 6.64. The molecule has 0 radical (unpaired) electrons. The monoisotopic (exact) mass is 426 g/mol. The van der Waals surface area contributed by atoms with E-state index in [4.69, 9.17) is 9.73 Å². The molecule has 0 amide bonds. The maximum Gasteiger partial charge on any atom is 0.270 e. The molecule has 5 heteroatoms. The number of rotatable bonds is 4. The van der Waals surface area contributed by atoms with Gasteiger partial charge in [-0.3, -0.25) is 14.4 Å². The number of nitrogens with zero attached hydrogens (tertiary/aromatic N) is 2. The predicted molar refractivity (Wildman–Crippen MR) is 124 cm³/mol. The van der Waals surface area contributed by atoms with Gasteiger partial charge in [-0.15, -0.1) is 0 Å². The summed E-state index contributed by atoms with van der Waals surface area (Å²) in [5, 5.41) is 0. The Morgan fingerprint density at radius 3 is 2.23 bits per heavy atom. The summed E-state index contributed by atoms with van der Waals surface area (Å²) < 4.78 is 7.80. The number of fused-ring (bicyclic) bond motifs is 1. The smallest absolute Gasteiger partial charge is 0.270 e. The molecule has 31 heavy (non-hydrogen) atoms. The lowest BCUT2D eigenvalue weighted by Gasteiger charge is -2.26. The fourth-order valence-electron chi connectivity index (χ4n) is 4.05. The minimum Gasteiger partial charge on any atom is -0.497 e. The molecular weight excluding hydrogens is 404 g/mol. The molecule has 0 saturated carbocycles. The van der Waals surface area contributed by atoms with Gasteiger partial charge in [0.2, 0.25) is 0 Å². The van der Waals surface area contributed by atoms with E-state index < -0.39 is 0 Å². The molecule has 0 bridgehead atoms. The molecule has 4 nitrogen and oxygen atoms in total. The quantitative estimate of drug-likeness (QED) is 0.493. The molecule has 2 atom stereocenters. The molecule has 1 aliphatic heterocycles. The number of hydrogen-bond donors (Lipinski definition) is 0. The van der Waals surface area contributed by atoms with Gasteiger partial charge in [-0.05, 0) is 41.3 Å². The second kappa shape index (κ2) is 8.36. The zero-order chi connectivity index (χ0) is 21.2. The van der Waals surface area contributed by atoms with Crippen LogP contribution in [0, 0.1) is 0 Å². The molecule has 5 rings (SSSR count). The molecule has 0 N–H and O–H groups in total. The summed E-state index contributed by atoms with van der Waals surface area (Å²) in [5.74, 6) is 0.796. The van der Waals surface area contributed by atoms with Crippen molar-refractivity contribution >= 4 is 17.4 Å². The van der Waals surface area contributed by atoms with E-state index in [1.54, 1.807) is 7.11 Å². The minimum absolute atomic E-state index is 0.0138. The average Bonchev–Trinajstić information content (AvgIpc) is 3.15. The van der Waals surface area contributed by atoms with Gasteiger partial charge in [0.25, 0.3) is 5.56 Å². The SMILES string of the molecule is COc1ccc(C=c2sc3n(c2=O)C(c2ccccc2)CC(c2ccccc2)N=3)cc1. The largest absolute Gasteiger partial charge is 0.497 e. The van der Waals surface area contributed by atoms with Crippen LogP contribution in [0.25, 0.3) is 6.08 Å². The number of thiazole rings is 1. The summed E-state index contributed by atoms with van der Waals surface area (Å²) in [6.45, 7) is 0. The van der Waals surface area contributed by atoms with Gasteiger partial charge >= 0.3 is 0 Å². The van der Waals surface area contributed by atoms with Crippen LogP contribution in [0.5, 0.6) is 5.75 Å². The molecule has 3 aromatic carbocycles. The van der Waals surface area contributed by atoms with Crippen molar-refractivity contribution in [2.45, 2.75) is 18.5 Å². The second-order valence-electron chi connectivity index (χ2n) is 7.56. The van der Waals surface area contributed by atoms with E-state index in [9.17, 15) is 4.79 Å². The summed E-state index contributed by atoms with van der Waals surface area (Å²) in [5.41, 5.74) is 3.29. The Hall–Kier alpha value is -3.44. The van der Waals surface area contributed by atoms with Crippen LogP contribution < -0.4 is 19.6 Å². The van der Waals surface area contributed by atoms with Gasteiger partial charge in [0.15, 0.2) is 4.80 Å². The van der Waals surface area contributed by atoms with Crippen LogP contribution in [-0.2, 0) is 0 Å². The first-order valence-corrected chi connectivity index (χ1v) is 11.1. The molecule has 0 spiro atoms. The third-order valence-electron chi connectivity index (χ3n) is 5.64. The first-order valence-electron chi connectivity index (χ1n) is 10.3. The van der Waals surface area contributed by atoms with E-state index >= 15 is 0 Å². The molecule has 0 aliphatic carbocycles. The Bertz CT molecular complexity index is 1360. The molecular formula is C26H22N2O2S. The number of hydrogen-bond acceptors (Lipinski definition) is 4. The zero-order valence-electron chi connectivity index (χ0n) is 17.1. The van der Waals surface area contributed by atoms with Gasteiger partial charge in [-0.2, -0.15) is 0 Å². The van der Waals surface area contributed by atoms with Crippen molar-refractivity contribution < 1.29 is 4.74 Å². The van der Waals surface area contributed by atoms with Crippen LogP contribution in [0.1, 0.15) is 35.2 Å². The van der Waals surface area contributed by atoms with E-state index in [-0.39, 0.29) is 17.6 Å². The fraction of sp³-hybridized carbons (Fsp3) is 0.154. The number of benzene rings is 3. The molecule has 0 saturated heterocycles. The van der Waals surface area contributed by atoms with Crippen molar-refractivity contribution in [3.63, 3.8) is 0 Å². The predicted octanol–water partition coefficient (Wildman–Crippen LogP) is 4.10. The Morgan fingerprint density at radius 2 is 1.58 bits per heavy atom. The first kappa shape index (κ1) is 19.5. The van der Waals surface area contributed by atoms with Crippen molar-refractivity contribution in [2.75, 3.05) is 7.11 Å².